The van der Waals surface area contributed by atoms with Gasteiger partial charge in [0, 0.05) is 5.57 Å². The molecule has 0 amide bonds. The molecule has 0 atom stereocenters. The molecule has 4 heteroatoms. The largest absolute Gasteiger partial charge is 0.494 e. The summed E-state index contributed by atoms with van der Waals surface area (Å²) in [5.41, 5.74) is 5.64. The van der Waals surface area contributed by atoms with E-state index < -0.39 is 0 Å². The molecule has 0 saturated carbocycles. The molecule has 154 valence electrons. The van der Waals surface area contributed by atoms with Gasteiger partial charge < -0.3 is 14.2 Å². The highest BCUT2D eigenvalue weighted by Crippen LogP contribution is 2.39. The monoisotopic (exact) mass is 394 g/mol. The summed E-state index contributed by atoms with van der Waals surface area (Å²) in [6.45, 7) is 9.19. The zero-order valence-electron chi connectivity index (χ0n) is 17.5. The maximum absolute atomic E-state index is 11.3. The number of ether oxygens (including phenoxy) is 3. The second-order valence-corrected chi connectivity index (χ2v) is 7.49. The molecule has 1 aliphatic rings. The lowest BCUT2D eigenvalue weighted by Crippen LogP contribution is -2.06. The second kappa shape index (κ2) is 10.1. The highest BCUT2D eigenvalue weighted by Gasteiger charge is 2.19. The van der Waals surface area contributed by atoms with E-state index in [4.69, 9.17) is 14.2 Å². The Bertz CT molecular complexity index is 869. The van der Waals surface area contributed by atoms with Crippen LogP contribution in [0.25, 0.3) is 11.1 Å². The number of rotatable bonds is 11. The van der Waals surface area contributed by atoms with Gasteiger partial charge in [0.2, 0.25) is 0 Å². The first-order valence-electron chi connectivity index (χ1n) is 10.4. The molecule has 0 radical (unpaired) electrons. The first-order valence-corrected chi connectivity index (χ1v) is 10.4. The Balaban J connectivity index is 1.44. The lowest BCUT2D eigenvalue weighted by molar-refractivity contribution is -0.139. The molecule has 29 heavy (non-hydrogen) atoms. The van der Waals surface area contributed by atoms with Crippen molar-refractivity contribution in [2.75, 3.05) is 19.8 Å². The van der Waals surface area contributed by atoms with Crippen molar-refractivity contribution in [1.82, 2.24) is 0 Å². The molecule has 0 spiro atoms. The van der Waals surface area contributed by atoms with Crippen molar-refractivity contribution in [2.24, 2.45) is 0 Å². The highest BCUT2D eigenvalue weighted by molar-refractivity contribution is 5.86. The Morgan fingerprint density at radius 3 is 2.07 bits per heavy atom. The summed E-state index contributed by atoms with van der Waals surface area (Å²) in [5, 5.41) is 0. The topological polar surface area (TPSA) is 44.8 Å². The molecule has 0 aliphatic heterocycles. The lowest BCUT2D eigenvalue weighted by Gasteiger charge is -2.09. The van der Waals surface area contributed by atoms with Gasteiger partial charge in [-0.3, -0.25) is 0 Å². The fraction of sp³-hybridized carbons (Fsp3) is 0.400. The summed E-state index contributed by atoms with van der Waals surface area (Å²) in [6, 6.07) is 12.7. The predicted octanol–water partition coefficient (Wildman–Crippen LogP) is 5.72. The molecule has 0 saturated heterocycles. The molecular weight excluding hydrogens is 364 g/mol. The van der Waals surface area contributed by atoms with E-state index in [2.05, 4.69) is 43.8 Å². The lowest BCUT2D eigenvalue weighted by atomic mass is 10.1. The maximum atomic E-state index is 11.3. The van der Waals surface area contributed by atoms with E-state index in [1.165, 1.54) is 22.3 Å². The van der Waals surface area contributed by atoms with Gasteiger partial charge in [0.25, 0.3) is 0 Å². The molecule has 2 aromatic carbocycles. The number of esters is 1. The van der Waals surface area contributed by atoms with E-state index >= 15 is 0 Å². The van der Waals surface area contributed by atoms with E-state index in [1.54, 1.807) is 6.92 Å². The SMILES string of the molecule is C=C(C)C(=O)OCCCCCOc1ccc2c(c1)Cc1cc(OCCC)ccc1-2. The Morgan fingerprint density at radius 2 is 1.48 bits per heavy atom. The number of carbonyl (C=O) groups excluding carboxylic acids is 1. The van der Waals surface area contributed by atoms with Gasteiger partial charge in [-0.15, -0.1) is 0 Å². The minimum Gasteiger partial charge on any atom is -0.494 e. The van der Waals surface area contributed by atoms with E-state index in [0.29, 0.717) is 18.8 Å². The van der Waals surface area contributed by atoms with Gasteiger partial charge in [0.1, 0.15) is 11.5 Å². The molecule has 3 rings (SSSR count). The molecule has 2 aromatic rings. The van der Waals surface area contributed by atoms with Crippen LogP contribution in [0.4, 0.5) is 0 Å². The van der Waals surface area contributed by atoms with Crippen LogP contribution >= 0.6 is 0 Å². The number of fused-ring (bicyclic) bond motifs is 3. The molecular formula is C25H30O4. The summed E-state index contributed by atoms with van der Waals surface area (Å²) in [4.78, 5) is 11.3. The summed E-state index contributed by atoms with van der Waals surface area (Å²) in [5.74, 6) is 1.54. The zero-order valence-corrected chi connectivity index (χ0v) is 17.5. The average Bonchev–Trinajstić information content (AvgIpc) is 3.08. The molecule has 0 heterocycles. The van der Waals surface area contributed by atoms with E-state index in [-0.39, 0.29) is 5.97 Å². The summed E-state index contributed by atoms with van der Waals surface area (Å²) >= 11 is 0. The van der Waals surface area contributed by atoms with E-state index in [0.717, 1.165) is 50.2 Å². The van der Waals surface area contributed by atoms with Crippen molar-refractivity contribution in [2.45, 2.75) is 46.0 Å². The maximum Gasteiger partial charge on any atom is 0.333 e. The second-order valence-electron chi connectivity index (χ2n) is 7.49. The Hall–Kier alpha value is -2.75. The first kappa shape index (κ1) is 21.0. The van der Waals surface area contributed by atoms with Gasteiger partial charge in [-0.25, -0.2) is 4.79 Å². The third-order valence-corrected chi connectivity index (χ3v) is 4.94. The summed E-state index contributed by atoms with van der Waals surface area (Å²) < 4.78 is 16.8. The van der Waals surface area contributed by atoms with Crippen molar-refractivity contribution >= 4 is 5.97 Å². The fourth-order valence-electron chi connectivity index (χ4n) is 3.42. The Labute approximate surface area is 173 Å². The Kier molecular flexibility index (Phi) is 7.34. The third-order valence-electron chi connectivity index (χ3n) is 4.94. The smallest absolute Gasteiger partial charge is 0.333 e. The van der Waals surface area contributed by atoms with Crippen LogP contribution in [0.3, 0.4) is 0 Å². The molecule has 1 aliphatic carbocycles. The standard InChI is InChI=1S/C25H30O4/c1-4-12-27-21-8-10-23-19(16-21)15-20-17-22(9-11-24(20)23)28-13-6-5-7-14-29-25(26)18(2)3/h8-11,16-17H,2,4-7,12-15H2,1,3H3. The van der Waals surface area contributed by atoms with Crippen LogP contribution in [0.5, 0.6) is 11.5 Å². The van der Waals surface area contributed by atoms with Gasteiger partial charge in [-0.1, -0.05) is 25.6 Å². The minimum absolute atomic E-state index is 0.315. The number of carbonyl (C=O) groups is 1. The van der Waals surface area contributed by atoms with Gasteiger partial charge in [0.05, 0.1) is 19.8 Å². The fourth-order valence-corrected chi connectivity index (χ4v) is 3.42. The first-order chi connectivity index (χ1) is 14.1. The van der Waals surface area contributed by atoms with Crippen LogP contribution in [0.1, 0.15) is 50.7 Å². The number of benzene rings is 2. The zero-order chi connectivity index (χ0) is 20.6. The third kappa shape index (κ3) is 5.63. The average molecular weight is 395 g/mol. The predicted molar refractivity (Wildman–Crippen MR) is 116 cm³/mol. The molecule has 0 bridgehead atoms. The normalized spacial score (nSPS) is 11.5. The molecule has 0 N–H and O–H groups in total. The van der Waals surface area contributed by atoms with Crippen LogP contribution in [-0.2, 0) is 16.0 Å². The van der Waals surface area contributed by atoms with Crippen LogP contribution in [0.15, 0.2) is 48.6 Å². The van der Waals surface area contributed by atoms with E-state index in [1.807, 2.05) is 6.07 Å². The van der Waals surface area contributed by atoms with E-state index in [9.17, 15) is 4.79 Å². The molecule has 0 aromatic heterocycles. The van der Waals surface area contributed by atoms with Crippen LogP contribution in [0.2, 0.25) is 0 Å². The van der Waals surface area contributed by atoms with Crippen molar-refractivity contribution in [3.63, 3.8) is 0 Å². The van der Waals surface area contributed by atoms with Gasteiger partial charge in [-0.05, 0) is 85.5 Å². The molecule has 4 nitrogen and oxygen atoms in total. The van der Waals surface area contributed by atoms with Crippen molar-refractivity contribution in [3.8, 4) is 22.6 Å². The Morgan fingerprint density at radius 1 is 0.897 bits per heavy atom. The van der Waals surface area contributed by atoms with Crippen molar-refractivity contribution < 1.29 is 19.0 Å². The van der Waals surface area contributed by atoms with Gasteiger partial charge >= 0.3 is 5.97 Å². The highest BCUT2D eigenvalue weighted by atomic mass is 16.5. The van der Waals surface area contributed by atoms with Crippen molar-refractivity contribution in [1.29, 1.82) is 0 Å². The number of hydrogen-bond donors (Lipinski definition) is 0. The van der Waals surface area contributed by atoms with Crippen LogP contribution < -0.4 is 9.47 Å². The molecule has 0 unspecified atom stereocenters. The van der Waals surface area contributed by atoms with Crippen LogP contribution in [0, 0.1) is 0 Å². The van der Waals surface area contributed by atoms with Crippen LogP contribution in [-0.4, -0.2) is 25.8 Å². The summed E-state index contributed by atoms with van der Waals surface area (Å²) in [6.07, 6.45) is 4.65. The molecule has 0 fully saturated rings. The summed E-state index contributed by atoms with van der Waals surface area (Å²) in [7, 11) is 0. The number of unbranched alkanes of at least 4 members (excludes halogenated alkanes) is 2. The number of hydrogen-bond acceptors (Lipinski definition) is 4. The van der Waals surface area contributed by atoms with Gasteiger partial charge in [-0.2, -0.15) is 0 Å². The minimum atomic E-state index is -0.315. The quantitative estimate of drug-likeness (QED) is 0.237. The van der Waals surface area contributed by atoms with Crippen molar-refractivity contribution in [3.05, 3.63) is 59.7 Å². The van der Waals surface area contributed by atoms with Gasteiger partial charge in [0.15, 0.2) is 0 Å².